The molecule has 7 nitrogen and oxygen atoms in total. The number of halogens is 2. The van der Waals surface area contributed by atoms with Crippen LogP contribution in [0.2, 0.25) is 5.02 Å². The van der Waals surface area contributed by atoms with Crippen LogP contribution in [0.3, 0.4) is 0 Å². The molecule has 0 bridgehead atoms. The number of anilines is 1. The summed E-state index contributed by atoms with van der Waals surface area (Å²) in [4.78, 5) is 31.2. The van der Waals surface area contributed by atoms with Gasteiger partial charge >= 0.3 is 6.09 Å². The summed E-state index contributed by atoms with van der Waals surface area (Å²) in [6, 6.07) is 12.6. The number of fused-ring (bicyclic) bond motifs is 1. The number of aliphatic hydroxyl groups is 1. The van der Waals surface area contributed by atoms with Crippen LogP contribution in [0, 0.1) is 11.7 Å². The van der Waals surface area contributed by atoms with Crippen LogP contribution in [0.5, 0.6) is 0 Å². The van der Waals surface area contributed by atoms with Crippen LogP contribution in [0.25, 0.3) is 10.8 Å². The molecule has 2 N–H and O–H groups in total. The molecule has 3 aromatic rings. The Labute approximate surface area is 215 Å². The molecule has 36 heavy (non-hydrogen) atoms. The quantitative estimate of drug-likeness (QED) is 0.396. The number of rotatable bonds is 9. The van der Waals surface area contributed by atoms with Crippen molar-refractivity contribution in [3.63, 3.8) is 0 Å². The molecule has 2 aromatic carbocycles. The van der Waals surface area contributed by atoms with Gasteiger partial charge in [0.1, 0.15) is 18.2 Å². The highest BCUT2D eigenvalue weighted by atomic mass is 35.5. The van der Waals surface area contributed by atoms with Gasteiger partial charge in [-0.25, -0.2) is 14.2 Å². The van der Waals surface area contributed by atoms with E-state index in [1.807, 2.05) is 18.2 Å². The van der Waals surface area contributed by atoms with Gasteiger partial charge < -0.3 is 14.7 Å². The van der Waals surface area contributed by atoms with Crippen molar-refractivity contribution in [2.75, 3.05) is 19.0 Å². The number of aryl methyl sites for hydroxylation is 1. The number of likely N-dealkylation sites (N-methyl/N-ethyl adjacent to an activating group) is 1. The zero-order valence-corrected chi connectivity index (χ0v) is 21.6. The fourth-order valence-corrected chi connectivity index (χ4v) is 4.08. The number of hydrogen-bond donors (Lipinski definition) is 2. The number of pyridine rings is 1. The van der Waals surface area contributed by atoms with Gasteiger partial charge in [0, 0.05) is 36.0 Å². The molecule has 1 aromatic heterocycles. The van der Waals surface area contributed by atoms with Crippen molar-refractivity contribution in [1.82, 2.24) is 9.88 Å². The first-order chi connectivity index (χ1) is 17.0. The Hall–Kier alpha value is -3.23. The number of nitrogens with one attached hydrogen (secondary N) is 1. The SMILES string of the molecule is C[C@H]([C@@H](COC(=O)Nc1cc2cc(F)ccc2cn1)N(C)C(=O)CCc1ccccc1Cl)C(C)(C)O. The third kappa shape index (κ3) is 7.15. The minimum absolute atomic E-state index is 0.145. The predicted octanol–water partition coefficient (Wildman–Crippen LogP) is 5.44. The van der Waals surface area contributed by atoms with E-state index < -0.39 is 29.5 Å². The summed E-state index contributed by atoms with van der Waals surface area (Å²) in [5.41, 5.74) is -0.266. The normalized spacial score (nSPS) is 13.2. The molecule has 0 spiro atoms. The van der Waals surface area contributed by atoms with E-state index in [1.54, 1.807) is 46.0 Å². The largest absolute Gasteiger partial charge is 0.447 e. The van der Waals surface area contributed by atoms with E-state index in [1.165, 1.54) is 23.2 Å². The molecule has 1 heterocycles. The van der Waals surface area contributed by atoms with E-state index in [2.05, 4.69) is 10.3 Å². The maximum Gasteiger partial charge on any atom is 0.412 e. The number of hydrogen-bond acceptors (Lipinski definition) is 5. The molecule has 0 aliphatic carbocycles. The summed E-state index contributed by atoms with van der Waals surface area (Å²) < 4.78 is 19.0. The van der Waals surface area contributed by atoms with E-state index in [9.17, 15) is 19.1 Å². The number of amides is 2. The lowest BCUT2D eigenvalue weighted by Crippen LogP contribution is -2.51. The van der Waals surface area contributed by atoms with Crippen LogP contribution in [-0.4, -0.2) is 52.3 Å². The summed E-state index contributed by atoms with van der Waals surface area (Å²) in [6.07, 6.45) is 1.42. The van der Waals surface area contributed by atoms with Crippen LogP contribution in [0.1, 0.15) is 32.8 Å². The van der Waals surface area contributed by atoms with Gasteiger partial charge in [0.05, 0.1) is 11.6 Å². The average molecular weight is 516 g/mol. The molecule has 3 rings (SSSR count). The first-order valence-corrected chi connectivity index (χ1v) is 12.0. The molecule has 0 saturated carbocycles. The standard InChI is InChI=1S/C27H31ClFN3O4/c1-17(27(2,3)35)23(32(4)25(33)12-10-18-7-5-6-8-22(18)28)16-36-26(34)31-24-14-20-13-21(29)11-9-19(20)15-30-24/h5-9,11,13-15,17,23,35H,10,12,16H2,1-4H3,(H,30,31,34)/t17-,23-/m1/s1. The van der Waals surface area contributed by atoms with Crippen molar-refractivity contribution < 1.29 is 23.8 Å². The minimum atomic E-state index is -1.13. The third-order valence-corrected chi connectivity index (χ3v) is 6.82. The summed E-state index contributed by atoms with van der Waals surface area (Å²) >= 11 is 6.20. The van der Waals surface area contributed by atoms with Crippen molar-refractivity contribution in [2.24, 2.45) is 5.92 Å². The van der Waals surface area contributed by atoms with E-state index in [4.69, 9.17) is 16.3 Å². The number of nitrogens with zero attached hydrogens (tertiary/aromatic N) is 2. The number of ether oxygens (including phenoxy) is 1. The summed E-state index contributed by atoms with van der Waals surface area (Å²) in [5.74, 6) is -0.776. The highest BCUT2D eigenvalue weighted by Gasteiger charge is 2.35. The number of carbonyl (C=O) groups excluding carboxylic acids is 2. The molecule has 0 saturated heterocycles. The molecule has 0 aliphatic rings. The predicted molar refractivity (Wildman–Crippen MR) is 138 cm³/mol. The first kappa shape index (κ1) is 27.4. The lowest BCUT2D eigenvalue weighted by Gasteiger charge is -2.38. The Kier molecular flexibility index (Phi) is 8.87. The van der Waals surface area contributed by atoms with Crippen molar-refractivity contribution in [2.45, 2.75) is 45.3 Å². The summed E-state index contributed by atoms with van der Waals surface area (Å²) in [7, 11) is 1.63. The Bertz CT molecular complexity index is 1230. The molecule has 0 radical (unpaired) electrons. The van der Waals surface area contributed by atoms with Crippen molar-refractivity contribution >= 4 is 40.2 Å². The zero-order valence-electron chi connectivity index (χ0n) is 20.8. The summed E-state index contributed by atoms with van der Waals surface area (Å²) in [5, 5.41) is 15.0. The van der Waals surface area contributed by atoms with E-state index >= 15 is 0 Å². The number of benzene rings is 2. The Morgan fingerprint density at radius 1 is 1.19 bits per heavy atom. The van der Waals surface area contributed by atoms with Crippen LogP contribution in [-0.2, 0) is 16.0 Å². The van der Waals surface area contributed by atoms with Crippen LogP contribution >= 0.6 is 11.6 Å². The van der Waals surface area contributed by atoms with Gasteiger partial charge in [-0.1, -0.05) is 36.7 Å². The lowest BCUT2D eigenvalue weighted by molar-refractivity contribution is -0.136. The maximum absolute atomic E-state index is 13.5. The second-order valence-corrected chi connectivity index (χ2v) is 9.80. The average Bonchev–Trinajstić information content (AvgIpc) is 2.82. The Balaban J connectivity index is 1.66. The number of aromatic nitrogens is 1. The molecule has 0 unspecified atom stereocenters. The van der Waals surface area contributed by atoms with Gasteiger partial charge in [-0.2, -0.15) is 0 Å². The van der Waals surface area contributed by atoms with E-state index in [-0.39, 0.29) is 24.8 Å². The molecule has 9 heteroatoms. The highest BCUT2D eigenvalue weighted by Crippen LogP contribution is 2.25. The lowest BCUT2D eigenvalue weighted by atomic mass is 9.85. The second kappa shape index (κ2) is 11.7. The van der Waals surface area contributed by atoms with Gasteiger partial charge in [-0.15, -0.1) is 0 Å². The van der Waals surface area contributed by atoms with Crippen molar-refractivity contribution in [1.29, 1.82) is 0 Å². The highest BCUT2D eigenvalue weighted by molar-refractivity contribution is 6.31. The van der Waals surface area contributed by atoms with E-state index in [0.717, 1.165) is 10.9 Å². The van der Waals surface area contributed by atoms with Crippen LogP contribution in [0.4, 0.5) is 15.0 Å². The van der Waals surface area contributed by atoms with Crippen molar-refractivity contribution in [3.05, 3.63) is 71.1 Å². The van der Waals surface area contributed by atoms with Crippen LogP contribution in [0.15, 0.2) is 54.7 Å². The molecule has 2 atom stereocenters. The van der Waals surface area contributed by atoms with Gasteiger partial charge in [-0.05, 0) is 61.5 Å². The molecular formula is C27H31ClFN3O4. The molecule has 0 aliphatic heterocycles. The van der Waals surface area contributed by atoms with Gasteiger partial charge in [0.2, 0.25) is 5.91 Å². The van der Waals surface area contributed by atoms with Crippen LogP contribution < -0.4 is 5.32 Å². The second-order valence-electron chi connectivity index (χ2n) is 9.39. The summed E-state index contributed by atoms with van der Waals surface area (Å²) in [6.45, 7) is 4.94. The molecule has 2 amide bonds. The smallest absolute Gasteiger partial charge is 0.412 e. The fraction of sp³-hybridized carbons (Fsp3) is 0.370. The minimum Gasteiger partial charge on any atom is -0.447 e. The number of carbonyl (C=O) groups is 2. The molecular weight excluding hydrogens is 485 g/mol. The Morgan fingerprint density at radius 3 is 2.61 bits per heavy atom. The zero-order chi connectivity index (χ0) is 26.5. The third-order valence-electron chi connectivity index (χ3n) is 6.45. The van der Waals surface area contributed by atoms with Crippen molar-refractivity contribution in [3.8, 4) is 0 Å². The Morgan fingerprint density at radius 2 is 1.92 bits per heavy atom. The topological polar surface area (TPSA) is 91.8 Å². The fourth-order valence-electron chi connectivity index (χ4n) is 3.85. The monoisotopic (exact) mass is 515 g/mol. The van der Waals surface area contributed by atoms with E-state index in [0.29, 0.717) is 16.8 Å². The maximum atomic E-state index is 13.5. The molecule has 192 valence electrons. The van der Waals surface area contributed by atoms with Gasteiger partial charge in [-0.3, -0.25) is 10.1 Å². The van der Waals surface area contributed by atoms with Gasteiger partial charge in [0.15, 0.2) is 0 Å². The molecule has 0 fully saturated rings. The van der Waals surface area contributed by atoms with Gasteiger partial charge in [0.25, 0.3) is 0 Å². The first-order valence-electron chi connectivity index (χ1n) is 11.7.